The van der Waals surface area contributed by atoms with Gasteiger partial charge in [-0.25, -0.2) is 18.4 Å². The predicted molar refractivity (Wildman–Crippen MR) is 142 cm³/mol. The molecular formula is C27H21ClN4O4S. The highest BCUT2D eigenvalue weighted by molar-refractivity contribution is 7.90. The molecule has 5 rings (SSSR count). The number of nitrogens with zero attached hydrogens (tertiary/aromatic N) is 3. The lowest BCUT2D eigenvalue weighted by Gasteiger charge is -2.12. The Balaban J connectivity index is 1.41. The summed E-state index contributed by atoms with van der Waals surface area (Å²) in [5.74, 6) is -0.183. The third kappa shape index (κ3) is 5.32. The van der Waals surface area contributed by atoms with Crippen LogP contribution in [-0.4, -0.2) is 34.9 Å². The molecule has 0 aliphatic carbocycles. The summed E-state index contributed by atoms with van der Waals surface area (Å²) in [5.41, 5.74) is 4.12. The average Bonchev–Trinajstić information content (AvgIpc) is 3.31. The van der Waals surface area contributed by atoms with Crippen LogP contribution in [-0.2, 0) is 9.84 Å². The minimum Gasteiger partial charge on any atom is -0.455 e. The van der Waals surface area contributed by atoms with Gasteiger partial charge in [-0.1, -0.05) is 29.8 Å². The minimum atomic E-state index is -3.57. The number of ether oxygens (including phenoxy) is 1. The van der Waals surface area contributed by atoms with E-state index in [0.717, 1.165) is 34.9 Å². The summed E-state index contributed by atoms with van der Waals surface area (Å²) in [5, 5.41) is 3.30. The van der Waals surface area contributed by atoms with E-state index in [2.05, 4.69) is 10.3 Å². The van der Waals surface area contributed by atoms with E-state index in [0.29, 0.717) is 16.5 Å². The number of benzene rings is 2. The molecule has 0 spiro atoms. The molecular weight excluding hydrogens is 512 g/mol. The molecule has 10 heteroatoms. The molecule has 8 nitrogen and oxygen atoms in total. The smallest absolute Gasteiger partial charge is 0.278 e. The number of hydrogen-bond acceptors (Lipinski definition) is 6. The summed E-state index contributed by atoms with van der Waals surface area (Å²) >= 11 is 5.93. The summed E-state index contributed by atoms with van der Waals surface area (Å²) in [6, 6.07) is 18.9. The van der Waals surface area contributed by atoms with Crippen LogP contribution in [0.4, 0.5) is 5.69 Å². The van der Waals surface area contributed by atoms with Crippen LogP contribution in [0.3, 0.4) is 0 Å². The highest BCUT2D eigenvalue weighted by Gasteiger charge is 2.20. The Bertz CT molecular complexity index is 1730. The second kappa shape index (κ2) is 9.68. The van der Waals surface area contributed by atoms with Gasteiger partial charge in [0.1, 0.15) is 11.4 Å². The van der Waals surface area contributed by atoms with E-state index in [1.165, 1.54) is 6.07 Å². The number of halogens is 1. The SMILES string of the molecule is Cc1cccn2cc(-c3ccc(NC(=O)c4ncc(S(C)(=O)=O)cc4Oc4ccc(Cl)cc4)cc3)nc12. The van der Waals surface area contributed by atoms with Crippen molar-refractivity contribution < 1.29 is 17.9 Å². The van der Waals surface area contributed by atoms with Crippen LogP contribution in [0.1, 0.15) is 16.1 Å². The highest BCUT2D eigenvalue weighted by Crippen LogP contribution is 2.29. The van der Waals surface area contributed by atoms with E-state index in [-0.39, 0.29) is 16.3 Å². The van der Waals surface area contributed by atoms with Gasteiger partial charge in [-0.15, -0.1) is 0 Å². The fraction of sp³-hybridized carbons (Fsp3) is 0.0741. The lowest BCUT2D eigenvalue weighted by Crippen LogP contribution is -2.15. The lowest BCUT2D eigenvalue weighted by atomic mass is 10.1. The van der Waals surface area contributed by atoms with Gasteiger partial charge in [0.2, 0.25) is 0 Å². The number of hydrogen-bond donors (Lipinski definition) is 1. The molecule has 2 aromatic carbocycles. The van der Waals surface area contributed by atoms with Gasteiger partial charge >= 0.3 is 0 Å². The first-order chi connectivity index (χ1) is 17.7. The zero-order valence-electron chi connectivity index (χ0n) is 19.8. The first-order valence-corrected chi connectivity index (χ1v) is 13.4. The topological polar surface area (TPSA) is 103 Å². The molecule has 0 unspecified atom stereocenters. The van der Waals surface area contributed by atoms with Gasteiger partial charge in [-0.2, -0.15) is 0 Å². The maximum Gasteiger partial charge on any atom is 0.278 e. The third-order valence-corrected chi connectivity index (χ3v) is 6.96. The molecule has 1 amide bonds. The van der Waals surface area contributed by atoms with Gasteiger partial charge in [-0.05, 0) is 55.0 Å². The second-order valence-corrected chi connectivity index (χ2v) is 10.9. The van der Waals surface area contributed by atoms with Crippen LogP contribution in [0, 0.1) is 6.92 Å². The van der Waals surface area contributed by atoms with Crippen molar-refractivity contribution in [2.24, 2.45) is 0 Å². The molecule has 186 valence electrons. The number of sulfone groups is 1. The fourth-order valence-electron chi connectivity index (χ4n) is 3.71. The number of aromatic nitrogens is 3. The first-order valence-electron chi connectivity index (χ1n) is 11.2. The van der Waals surface area contributed by atoms with Gasteiger partial charge in [0, 0.05) is 47.2 Å². The van der Waals surface area contributed by atoms with Crippen molar-refractivity contribution in [3.8, 4) is 22.8 Å². The van der Waals surface area contributed by atoms with E-state index in [1.807, 2.05) is 48.0 Å². The number of anilines is 1. The fourth-order valence-corrected chi connectivity index (χ4v) is 4.41. The van der Waals surface area contributed by atoms with Crippen molar-refractivity contribution in [2.45, 2.75) is 11.8 Å². The Labute approximate surface area is 218 Å². The number of rotatable bonds is 6. The van der Waals surface area contributed by atoms with E-state index in [9.17, 15) is 13.2 Å². The van der Waals surface area contributed by atoms with Gasteiger partial charge in [0.05, 0.1) is 10.6 Å². The largest absolute Gasteiger partial charge is 0.455 e. The Hall–Kier alpha value is -4.21. The molecule has 5 aromatic rings. The number of nitrogens with one attached hydrogen (secondary N) is 1. The number of aryl methyl sites for hydroxylation is 1. The second-order valence-electron chi connectivity index (χ2n) is 8.43. The zero-order chi connectivity index (χ0) is 26.2. The maximum absolute atomic E-state index is 13.1. The molecule has 0 aliphatic rings. The Kier molecular flexibility index (Phi) is 6.41. The van der Waals surface area contributed by atoms with E-state index in [1.54, 1.807) is 36.4 Å². The first kappa shape index (κ1) is 24.5. The Morgan fingerprint density at radius 3 is 2.46 bits per heavy atom. The summed E-state index contributed by atoms with van der Waals surface area (Å²) in [7, 11) is -3.57. The molecule has 0 saturated heterocycles. The van der Waals surface area contributed by atoms with Crippen molar-refractivity contribution in [3.05, 3.63) is 102 Å². The number of carbonyl (C=O) groups excluding carboxylic acids is 1. The van der Waals surface area contributed by atoms with Crippen molar-refractivity contribution in [3.63, 3.8) is 0 Å². The number of pyridine rings is 2. The number of imidazole rings is 1. The standard InChI is InChI=1S/C27H21ClN4O4S/c1-17-4-3-13-32-16-23(31-26(17)32)18-5-9-20(10-6-18)30-27(33)25-24(14-22(15-29-25)37(2,34)35)36-21-11-7-19(28)8-12-21/h3-16H,1-2H3,(H,30,33). The van der Waals surface area contributed by atoms with Crippen LogP contribution >= 0.6 is 11.6 Å². The lowest BCUT2D eigenvalue weighted by molar-refractivity contribution is 0.101. The quantitative estimate of drug-likeness (QED) is 0.296. The summed E-state index contributed by atoms with van der Waals surface area (Å²) in [6.07, 6.45) is 6.08. The average molecular weight is 533 g/mol. The van der Waals surface area contributed by atoms with E-state index >= 15 is 0 Å². The molecule has 3 heterocycles. The minimum absolute atomic E-state index is 0.000521. The van der Waals surface area contributed by atoms with E-state index in [4.69, 9.17) is 21.3 Å². The Morgan fingerprint density at radius 1 is 1.05 bits per heavy atom. The van der Waals surface area contributed by atoms with Crippen LogP contribution in [0.15, 0.2) is 90.2 Å². The van der Waals surface area contributed by atoms with E-state index < -0.39 is 15.7 Å². The van der Waals surface area contributed by atoms with Crippen molar-refractivity contribution in [1.82, 2.24) is 14.4 Å². The van der Waals surface area contributed by atoms with Gasteiger partial charge in [0.15, 0.2) is 21.3 Å². The molecule has 0 aliphatic heterocycles. The molecule has 0 radical (unpaired) electrons. The molecule has 0 saturated carbocycles. The highest BCUT2D eigenvalue weighted by atomic mass is 35.5. The molecule has 0 fully saturated rings. The predicted octanol–water partition coefficient (Wildman–Crippen LogP) is 5.81. The van der Waals surface area contributed by atoms with Crippen LogP contribution < -0.4 is 10.1 Å². The molecule has 0 bridgehead atoms. The molecule has 1 N–H and O–H groups in total. The summed E-state index contributed by atoms with van der Waals surface area (Å²) in [4.78, 5) is 21.8. The monoisotopic (exact) mass is 532 g/mol. The summed E-state index contributed by atoms with van der Waals surface area (Å²) in [6.45, 7) is 2.01. The molecule has 3 aromatic heterocycles. The van der Waals surface area contributed by atoms with Gasteiger partial charge in [-0.3, -0.25) is 4.79 Å². The third-order valence-electron chi connectivity index (χ3n) is 5.63. The van der Waals surface area contributed by atoms with Gasteiger partial charge in [0.25, 0.3) is 5.91 Å². The van der Waals surface area contributed by atoms with Crippen LogP contribution in [0.2, 0.25) is 5.02 Å². The van der Waals surface area contributed by atoms with Crippen molar-refractivity contribution in [2.75, 3.05) is 11.6 Å². The molecule has 0 atom stereocenters. The number of fused-ring (bicyclic) bond motifs is 1. The number of amides is 1. The Morgan fingerprint density at radius 2 is 1.78 bits per heavy atom. The van der Waals surface area contributed by atoms with Crippen molar-refractivity contribution >= 4 is 38.7 Å². The van der Waals surface area contributed by atoms with Gasteiger partial charge < -0.3 is 14.5 Å². The van der Waals surface area contributed by atoms with Crippen LogP contribution in [0.25, 0.3) is 16.9 Å². The number of carbonyl (C=O) groups is 1. The van der Waals surface area contributed by atoms with Crippen molar-refractivity contribution in [1.29, 1.82) is 0 Å². The maximum atomic E-state index is 13.1. The normalized spacial score (nSPS) is 11.4. The van der Waals surface area contributed by atoms with Crippen LogP contribution in [0.5, 0.6) is 11.5 Å². The summed E-state index contributed by atoms with van der Waals surface area (Å²) < 4.78 is 31.9. The molecule has 37 heavy (non-hydrogen) atoms. The zero-order valence-corrected chi connectivity index (χ0v) is 21.4.